The molecule has 0 fully saturated rings. The fourth-order valence-electron chi connectivity index (χ4n) is 3.30. The Bertz CT molecular complexity index is 822. The highest BCUT2D eigenvalue weighted by atomic mass is 19.1. The van der Waals surface area contributed by atoms with Crippen LogP contribution in [0.1, 0.15) is 24.1 Å². The second-order valence-corrected chi connectivity index (χ2v) is 6.07. The molecule has 0 N–H and O–H groups in total. The van der Waals surface area contributed by atoms with Gasteiger partial charge in [0.25, 0.3) is 0 Å². The first-order chi connectivity index (χ1) is 11.3. The van der Waals surface area contributed by atoms with Crippen LogP contribution in [0.4, 0.5) is 4.39 Å². The Morgan fingerprint density at radius 3 is 2.30 bits per heavy atom. The van der Waals surface area contributed by atoms with E-state index < -0.39 is 0 Å². The quantitative estimate of drug-likeness (QED) is 0.615. The van der Waals surface area contributed by atoms with E-state index in [1.165, 1.54) is 36.2 Å². The monoisotopic (exact) mass is 303 g/mol. The average Bonchev–Trinajstić information content (AvgIpc) is 2.62. The summed E-state index contributed by atoms with van der Waals surface area (Å²) in [6.45, 7) is 0. The molecule has 2 heteroatoms. The molecule has 0 spiro atoms. The summed E-state index contributed by atoms with van der Waals surface area (Å²) in [7, 11) is 0. The van der Waals surface area contributed by atoms with Gasteiger partial charge < -0.3 is 0 Å². The summed E-state index contributed by atoms with van der Waals surface area (Å²) in [5.74, 6) is -0.207. The number of hydrogen-bond donors (Lipinski definition) is 0. The molecular weight excluding hydrogens is 285 g/mol. The van der Waals surface area contributed by atoms with Crippen LogP contribution in [-0.4, -0.2) is 4.98 Å². The maximum absolute atomic E-state index is 13.3. The summed E-state index contributed by atoms with van der Waals surface area (Å²) >= 11 is 0. The highest BCUT2D eigenvalue weighted by Gasteiger charge is 2.17. The standard InChI is InChI=1S/C21H18FN/c22-18-12-10-15(11-13-18)19-14-17-8-4-5-9-20(17)23-21(19)16-6-2-1-3-7-16/h1-3,6-7,10-14H,4-5,8-9H2. The molecule has 4 rings (SSSR count). The average molecular weight is 303 g/mol. The summed E-state index contributed by atoms with van der Waals surface area (Å²) in [5.41, 5.74) is 6.79. The van der Waals surface area contributed by atoms with Gasteiger partial charge in [0, 0.05) is 16.8 Å². The topological polar surface area (TPSA) is 12.9 Å². The second kappa shape index (κ2) is 5.96. The zero-order valence-corrected chi connectivity index (χ0v) is 12.9. The van der Waals surface area contributed by atoms with Gasteiger partial charge in [-0.05, 0) is 55.0 Å². The fraction of sp³-hybridized carbons (Fsp3) is 0.190. The Hall–Kier alpha value is -2.48. The van der Waals surface area contributed by atoms with Gasteiger partial charge >= 0.3 is 0 Å². The largest absolute Gasteiger partial charge is 0.252 e. The molecule has 0 radical (unpaired) electrons. The summed E-state index contributed by atoms with van der Waals surface area (Å²) in [5, 5.41) is 0. The Kier molecular flexibility index (Phi) is 3.66. The summed E-state index contributed by atoms with van der Waals surface area (Å²) < 4.78 is 13.3. The van der Waals surface area contributed by atoms with Gasteiger partial charge in [0.15, 0.2) is 0 Å². The van der Waals surface area contributed by atoms with Crippen LogP contribution in [0.15, 0.2) is 60.7 Å². The van der Waals surface area contributed by atoms with Crippen molar-refractivity contribution in [2.75, 3.05) is 0 Å². The van der Waals surface area contributed by atoms with E-state index in [9.17, 15) is 4.39 Å². The molecule has 1 aromatic heterocycles. The lowest BCUT2D eigenvalue weighted by atomic mass is 9.90. The first kappa shape index (κ1) is 14.1. The number of pyridine rings is 1. The lowest BCUT2D eigenvalue weighted by Gasteiger charge is -2.19. The number of halogens is 1. The molecule has 2 aromatic carbocycles. The molecule has 0 atom stereocenters. The first-order valence-corrected chi connectivity index (χ1v) is 8.15. The van der Waals surface area contributed by atoms with Crippen LogP contribution in [0.25, 0.3) is 22.4 Å². The van der Waals surface area contributed by atoms with Gasteiger partial charge in [-0.3, -0.25) is 4.98 Å². The van der Waals surface area contributed by atoms with E-state index in [0.29, 0.717) is 0 Å². The lowest BCUT2D eigenvalue weighted by molar-refractivity contribution is 0.628. The third-order valence-electron chi connectivity index (χ3n) is 4.50. The zero-order valence-electron chi connectivity index (χ0n) is 12.9. The normalized spacial score (nSPS) is 13.6. The summed E-state index contributed by atoms with van der Waals surface area (Å²) in [6, 6.07) is 19.2. The van der Waals surface area contributed by atoms with E-state index in [1.54, 1.807) is 0 Å². The molecule has 1 nitrogen and oxygen atoms in total. The highest BCUT2D eigenvalue weighted by molar-refractivity contribution is 5.81. The minimum Gasteiger partial charge on any atom is -0.252 e. The van der Waals surface area contributed by atoms with Crippen molar-refractivity contribution in [1.29, 1.82) is 0 Å². The molecule has 23 heavy (non-hydrogen) atoms. The zero-order chi connectivity index (χ0) is 15.6. The molecule has 0 saturated carbocycles. The lowest BCUT2D eigenvalue weighted by Crippen LogP contribution is -2.07. The van der Waals surface area contributed by atoms with Crippen molar-refractivity contribution in [2.45, 2.75) is 25.7 Å². The third kappa shape index (κ3) is 2.77. The van der Waals surface area contributed by atoms with Crippen molar-refractivity contribution in [1.82, 2.24) is 4.98 Å². The van der Waals surface area contributed by atoms with Gasteiger partial charge in [-0.25, -0.2) is 4.39 Å². The molecule has 0 bridgehead atoms. The Balaban J connectivity index is 1.93. The number of nitrogens with zero attached hydrogens (tertiary/aromatic N) is 1. The maximum Gasteiger partial charge on any atom is 0.123 e. The predicted molar refractivity (Wildman–Crippen MR) is 91.7 cm³/mol. The van der Waals surface area contributed by atoms with Crippen LogP contribution in [0.3, 0.4) is 0 Å². The van der Waals surface area contributed by atoms with Crippen molar-refractivity contribution in [2.24, 2.45) is 0 Å². The third-order valence-corrected chi connectivity index (χ3v) is 4.50. The number of aromatic nitrogens is 1. The van der Waals surface area contributed by atoms with Crippen molar-refractivity contribution in [3.05, 3.63) is 77.7 Å². The van der Waals surface area contributed by atoms with E-state index in [1.807, 2.05) is 30.3 Å². The molecule has 1 heterocycles. The first-order valence-electron chi connectivity index (χ1n) is 8.15. The number of fused-ring (bicyclic) bond motifs is 1. The predicted octanol–water partition coefficient (Wildman–Crippen LogP) is 5.43. The molecule has 0 amide bonds. The van der Waals surface area contributed by atoms with Gasteiger partial charge in [0.05, 0.1) is 5.69 Å². The molecule has 0 unspecified atom stereocenters. The molecule has 0 aliphatic heterocycles. The van der Waals surface area contributed by atoms with E-state index in [0.717, 1.165) is 35.2 Å². The van der Waals surface area contributed by atoms with Crippen LogP contribution in [0, 0.1) is 5.82 Å². The van der Waals surface area contributed by atoms with Crippen LogP contribution >= 0.6 is 0 Å². The molecule has 1 aliphatic carbocycles. The molecular formula is C21H18FN. The number of hydrogen-bond acceptors (Lipinski definition) is 1. The number of aryl methyl sites for hydroxylation is 2. The number of rotatable bonds is 2. The van der Waals surface area contributed by atoms with Crippen LogP contribution in [-0.2, 0) is 12.8 Å². The smallest absolute Gasteiger partial charge is 0.123 e. The minimum absolute atomic E-state index is 0.207. The Labute approximate surface area is 135 Å². The fourth-order valence-corrected chi connectivity index (χ4v) is 3.30. The Morgan fingerprint density at radius 1 is 0.783 bits per heavy atom. The highest BCUT2D eigenvalue weighted by Crippen LogP contribution is 2.34. The second-order valence-electron chi connectivity index (χ2n) is 6.07. The Morgan fingerprint density at radius 2 is 1.52 bits per heavy atom. The van der Waals surface area contributed by atoms with Crippen molar-refractivity contribution in [3.8, 4) is 22.4 Å². The van der Waals surface area contributed by atoms with Gasteiger partial charge in [0.1, 0.15) is 5.82 Å². The van der Waals surface area contributed by atoms with Gasteiger partial charge in [0.2, 0.25) is 0 Å². The van der Waals surface area contributed by atoms with Gasteiger partial charge in [-0.2, -0.15) is 0 Å². The molecule has 114 valence electrons. The van der Waals surface area contributed by atoms with Crippen LogP contribution in [0.2, 0.25) is 0 Å². The molecule has 3 aromatic rings. The van der Waals surface area contributed by atoms with Crippen molar-refractivity contribution < 1.29 is 4.39 Å². The van der Waals surface area contributed by atoms with Gasteiger partial charge in [-0.15, -0.1) is 0 Å². The van der Waals surface area contributed by atoms with Crippen LogP contribution in [0.5, 0.6) is 0 Å². The number of benzene rings is 2. The van der Waals surface area contributed by atoms with E-state index in [2.05, 4.69) is 18.2 Å². The van der Waals surface area contributed by atoms with Crippen molar-refractivity contribution in [3.63, 3.8) is 0 Å². The van der Waals surface area contributed by atoms with E-state index >= 15 is 0 Å². The van der Waals surface area contributed by atoms with Crippen LogP contribution < -0.4 is 0 Å². The minimum atomic E-state index is -0.207. The summed E-state index contributed by atoms with van der Waals surface area (Å²) in [4.78, 5) is 4.99. The SMILES string of the molecule is Fc1ccc(-c2cc3c(nc2-c2ccccc2)CCCC3)cc1. The van der Waals surface area contributed by atoms with Crippen molar-refractivity contribution >= 4 is 0 Å². The van der Waals surface area contributed by atoms with Gasteiger partial charge in [-0.1, -0.05) is 42.5 Å². The van der Waals surface area contributed by atoms with E-state index in [-0.39, 0.29) is 5.82 Å². The summed E-state index contributed by atoms with van der Waals surface area (Å²) in [6.07, 6.45) is 4.58. The maximum atomic E-state index is 13.3. The van der Waals surface area contributed by atoms with E-state index in [4.69, 9.17) is 4.98 Å². The molecule has 0 saturated heterocycles. The molecule has 1 aliphatic rings.